The van der Waals surface area contributed by atoms with Crippen molar-refractivity contribution in [2.45, 2.75) is 44.1 Å². The van der Waals surface area contributed by atoms with Gasteiger partial charge in [0.25, 0.3) is 10.0 Å². The van der Waals surface area contributed by atoms with E-state index in [0.29, 0.717) is 5.39 Å². The maximum absolute atomic E-state index is 12.9. The highest BCUT2D eigenvalue weighted by Gasteiger charge is 2.24. The Morgan fingerprint density at radius 3 is 2.38 bits per heavy atom. The molecule has 1 aliphatic rings. The van der Waals surface area contributed by atoms with Gasteiger partial charge in [0, 0.05) is 31.0 Å². The molecule has 6 nitrogen and oxygen atoms in total. The zero-order valence-corrected chi connectivity index (χ0v) is 15.9. The van der Waals surface area contributed by atoms with Crippen molar-refractivity contribution in [1.29, 1.82) is 0 Å². The molecule has 0 aromatic heterocycles. The van der Waals surface area contributed by atoms with Gasteiger partial charge in [0.1, 0.15) is 6.10 Å². The molecule has 0 saturated carbocycles. The highest BCUT2D eigenvalue weighted by atomic mass is 32.2. The summed E-state index contributed by atoms with van der Waals surface area (Å²) < 4.78 is 31.1. The summed E-state index contributed by atoms with van der Waals surface area (Å²) in [5, 5.41) is 3.15. The molecular formula is C19H24N2O4S. The number of nitrogens with one attached hydrogen (secondary N) is 1. The summed E-state index contributed by atoms with van der Waals surface area (Å²) in [4.78, 5) is 14.2. The molecule has 1 atom stereocenters. The first-order chi connectivity index (χ1) is 12.4. The molecule has 7 heteroatoms. The number of carbonyl (C=O) groups is 1. The Bertz CT molecular complexity index is 905. The molecule has 0 aliphatic carbocycles. The van der Waals surface area contributed by atoms with Crippen molar-refractivity contribution < 1.29 is 17.9 Å². The Kier molecular flexibility index (Phi) is 5.60. The average molecular weight is 376 g/mol. The van der Waals surface area contributed by atoms with Crippen molar-refractivity contribution in [2.24, 2.45) is 0 Å². The lowest BCUT2D eigenvalue weighted by molar-refractivity contribution is -0.145. The van der Waals surface area contributed by atoms with E-state index in [4.69, 9.17) is 4.74 Å². The topological polar surface area (TPSA) is 75.7 Å². The van der Waals surface area contributed by atoms with Crippen molar-refractivity contribution in [2.75, 3.05) is 13.1 Å². The van der Waals surface area contributed by atoms with Crippen LogP contribution in [0.25, 0.3) is 10.8 Å². The first kappa shape index (κ1) is 18.8. The summed E-state index contributed by atoms with van der Waals surface area (Å²) in [6, 6.07) is 10.6. The third-order valence-corrected chi connectivity index (χ3v) is 6.03. The van der Waals surface area contributed by atoms with Crippen LogP contribution in [0, 0.1) is 0 Å². The van der Waals surface area contributed by atoms with Gasteiger partial charge in [-0.05, 0) is 31.2 Å². The van der Waals surface area contributed by atoms with Gasteiger partial charge in [-0.15, -0.1) is 4.83 Å². The van der Waals surface area contributed by atoms with E-state index >= 15 is 0 Å². The van der Waals surface area contributed by atoms with Crippen LogP contribution < -0.4 is 4.83 Å². The Balaban J connectivity index is 2.00. The molecule has 1 saturated heterocycles. The van der Waals surface area contributed by atoms with Gasteiger partial charge in [-0.25, -0.2) is 13.4 Å². The van der Waals surface area contributed by atoms with Crippen LogP contribution in [0.4, 0.5) is 0 Å². The smallest absolute Gasteiger partial charge is 0.303 e. The minimum absolute atomic E-state index is 0.234. The maximum Gasteiger partial charge on any atom is 0.303 e. The second-order valence-electron chi connectivity index (χ2n) is 6.59. The molecule has 0 radical (unpaired) electrons. The lowest BCUT2D eigenvalue weighted by Crippen LogP contribution is -2.44. The Morgan fingerprint density at radius 2 is 1.73 bits per heavy atom. The van der Waals surface area contributed by atoms with Crippen molar-refractivity contribution >= 4 is 26.8 Å². The SMILES string of the molecule is CC(=O)OC(C)c1ccc(S(=O)(=O)NN2CCCCC2)c2ccccc12. The Hall–Kier alpha value is -1.96. The molecule has 1 unspecified atom stereocenters. The fourth-order valence-electron chi connectivity index (χ4n) is 3.40. The van der Waals surface area contributed by atoms with Crippen LogP contribution in [0.5, 0.6) is 0 Å². The van der Waals surface area contributed by atoms with E-state index in [-0.39, 0.29) is 10.9 Å². The van der Waals surface area contributed by atoms with E-state index < -0.39 is 16.1 Å². The summed E-state index contributed by atoms with van der Waals surface area (Å²) in [6.07, 6.45) is 2.65. The number of nitrogens with zero attached hydrogens (tertiary/aromatic N) is 1. The quantitative estimate of drug-likeness (QED) is 0.812. The number of esters is 1. The van der Waals surface area contributed by atoms with Gasteiger partial charge in [-0.2, -0.15) is 0 Å². The van der Waals surface area contributed by atoms with Gasteiger partial charge in [0.05, 0.1) is 4.90 Å². The number of rotatable bonds is 5. The number of hydrogen-bond acceptors (Lipinski definition) is 5. The fourth-order valence-corrected chi connectivity index (χ4v) is 4.74. The summed E-state index contributed by atoms with van der Waals surface area (Å²) >= 11 is 0. The number of fused-ring (bicyclic) bond motifs is 1. The van der Waals surface area contributed by atoms with Gasteiger partial charge in [0.2, 0.25) is 0 Å². The lowest BCUT2D eigenvalue weighted by Gasteiger charge is -2.27. The molecule has 3 rings (SSSR count). The lowest BCUT2D eigenvalue weighted by atomic mass is 10.0. The number of piperidine rings is 1. The van der Waals surface area contributed by atoms with E-state index in [1.165, 1.54) is 6.92 Å². The molecule has 0 amide bonds. The number of ether oxygens (including phenoxy) is 1. The van der Waals surface area contributed by atoms with E-state index in [1.54, 1.807) is 30.1 Å². The van der Waals surface area contributed by atoms with Crippen molar-refractivity contribution in [1.82, 2.24) is 9.84 Å². The molecular weight excluding hydrogens is 352 g/mol. The standard InChI is InChI=1S/C19H24N2O4S/c1-14(25-15(2)22)16-10-11-19(18-9-5-4-8-17(16)18)26(23,24)20-21-12-6-3-7-13-21/h4-5,8-11,14,20H,3,6-7,12-13H2,1-2H3. The summed E-state index contributed by atoms with van der Waals surface area (Å²) in [6.45, 7) is 4.58. The number of benzene rings is 2. The first-order valence-corrected chi connectivity index (χ1v) is 10.3. The van der Waals surface area contributed by atoms with Gasteiger partial charge < -0.3 is 4.74 Å². The number of hydrazine groups is 1. The third-order valence-electron chi connectivity index (χ3n) is 4.59. The molecule has 1 aliphatic heterocycles. The van der Waals surface area contributed by atoms with Gasteiger partial charge in [-0.1, -0.05) is 36.8 Å². The predicted octanol–water partition coefficient (Wildman–Crippen LogP) is 3.14. The minimum Gasteiger partial charge on any atom is -0.458 e. The van der Waals surface area contributed by atoms with E-state index in [0.717, 1.165) is 43.3 Å². The fraction of sp³-hybridized carbons (Fsp3) is 0.421. The monoisotopic (exact) mass is 376 g/mol. The number of sulfonamides is 1. The molecule has 1 N–H and O–H groups in total. The minimum atomic E-state index is -3.68. The highest BCUT2D eigenvalue weighted by Crippen LogP contribution is 2.31. The molecule has 140 valence electrons. The van der Waals surface area contributed by atoms with E-state index in [9.17, 15) is 13.2 Å². The molecule has 2 aromatic rings. The Morgan fingerprint density at radius 1 is 1.08 bits per heavy atom. The maximum atomic E-state index is 12.9. The zero-order chi connectivity index (χ0) is 18.7. The zero-order valence-electron chi connectivity index (χ0n) is 15.1. The van der Waals surface area contributed by atoms with Crippen LogP contribution in [-0.4, -0.2) is 32.5 Å². The Labute approximate surface area is 154 Å². The van der Waals surface area contributed by atoms with Crippen molar-refractivity contribution in [3.63, 3.8) is 0 Å². The molecule has 26 heavy (non-hydrogen) atoms. The number of hydrogen-bond donors (Lipinski definition) is 1. The molecule has 0 bridgehead atoms. The summed E-state index contributed by atoms with van der Waals surface area (Å²) in [5.74, 6) is -0.370. The van der Waals surface area contributed by atoms with Crippen molar-refractivity contribution in [3.8, 4) is 0 Å². The van der Waals surface area contributed by atoms with Crippen molar-refractivity contribution in [3.05, 3.63) is 42.0 Å². The highest BCUT2D eigenvalue weighted by molar-refractivity contribution is 7.89. The van der Waals surface area contributed by atoms with Crippen LogP contribution >= 0.6 is 0 Å². The van der Waals surface area contributed by atoms with Crippen LogP contribution in [-0.2, 0) is 19.6 Å². The van der Waals surface area contributed by atoms with Crippen LogP contribution in [0.1, 0.15) is 44.8 Å². The van der Waals surface area contributed by atoms with E-state index in [1.807, 2.05) is 18.2 Å². The normalized spacial score (nSPS) is 17.2. The van der Waals surface area contributed by atoms with E-state index in [2.05, 4.69) is 4.83 Å². The molecule has 0 spiro atoms. The first-order valence-electron chi connectivity index (χ1n) is 8.85. The largest absolute Gasteiger partial charge is 0.458 e. The van der Waals surface area contributed by atoms with Crippen LogP contribution in [0.3, 0.4) is 0 Å². The molecule has 1 heterocycles. The second-order valence-corrected chi connectivity index (χ2v) is 8.22. The van der Waals surface area contributed by atoms with Gasteiger partial charge in [0.15, 0.2) is 0 Å². The number of carbonyl (C=O) groups excluding carboxylic acids is 1. The molecule has 2 aromatic carbocycles. The predicted molar refractivity (Wildman–Crippen MR) is 99.9 cm³/mol. The second kappa shape index (κ2) is 7.73. The van der Waals surface area contributed by atoms with Crippen LogP contribution in [0.2, 0.25) is 0 Å². The molecule has 1 fully saturated rings. The average Bonchev–Trinajstić information content (AvgIpc) is 2.60. The van der Waals surface area contributed by atoms with Crippen LogP contribution in [0.15, 0.2) is 41.3 Å². The van der Waals surface area contributed by atoms with Gasteiger partial charge in [-0.3, -0.25) is 4.79 Å². The summed E-state index contributed by atoms with van der Waals surface area (Å²) in [7, 11) is -3.68. The van der Waals surface area contributed by atoms with Gasteiger partial charge >= 0.3 is 5.97 Å². The summed E-state index contributed by atoms with van der Waals surface area (Å²) in [5.41, 5.74) is 0.785. The third kappa shape index (κ3) is 4.06.